The number of fused-ring (bicyclic) bond motifs is 1. The lowest BCUT2D eigenvalue weighted by Gasteiger charge is -1.92. The highest BCUT2D eigenvalue weighted by Crippen LogP contribution is 2.16. The second-order valence-electron chi connectivity index (χ2n) is 3.40. The molecule has 0 spiro atoms. The molecule has 0 amide bonds. The van der Waals surface area contributed by atoms with Crippen LogP contribution in [0, 0.1) is 0 Å². The standard InChI is InChI=1S/C11H9N5S/c1-2-4-10-9(3-1)8(5-12-10)6-13-15-11-16-14-7-17-11/h1-7,12H,(H,15,16)/b13-6+. The molecule has 0 aliphatic rings. The normalized spacial score (nSPS) is 11.3. The molecule has 2 aromatic heterocycles. The van der Waals surface area contributed by atoms with Crippen LogP contribution in [0.2, 0.25) is 0 Å². The lowest BCUT2D eigenvalue weighted by molar-refractivity contribution is 1.08. The van der Waals surface area contributed by atoms with E-state index in [-0.39, 0.29) is 0 Å². The zero-order chi connectivity index (χ0) is 11.5. The van der Waals surface area contributed by atoms with E-state index in [1.807, 2.05) is 24.4 Å². The summed E-state index contributed by atoms with van der Waals surface area (Å²) in [6.45, 7) is 0. The number of hydrogen-bond donors (Lipinski definition) is 2. The van der Waals surface area contributed by atoms with Crippen molar-refractivity contribution in [2.75, 3.05) is 5.43 Å². The minimum absolute atomic E-state index is 0.682. The maximum atomic E-state index is 4.12. The molecule has 0 saturated heterocycles. The van der Waals surface area contributed by atoms with Gasteiger partial charge in [-0.25, -0.2) is 0 Å². The van der Waals surface area contributed by atoms with Gasteiger partial charge in [-0.05, 0) is 6.07 Å². The van der Waals surface area contributed by atoms with Gasteiger partial charge < -0.3 is 4.98 Å². The number of hydrazone groups is 1. The monoisotopic (exact) mass is 243 g/mol. The van der Waals surface area contributed by atoms with Gasteiger partial charge in [0, 0.05) is 22.7 Å². The van der Waals surface area contributed by atoms with E-state index >= 15 is 0 Å². The SMILES string of the molecule is C(=N\Nc1nncs1)/c1c[nH]c2ccccc12. The molecule has 0 bridgehead atoms. The van der Waals surface area contributed by atoms with Crippen molar-refractivity contribution in [2.45, 2.75) is 0 Å². The van der Waals surface area contributed by atoms with E-state index in [9.17, 15) is 0 Å². The molecule has 0 aliphatic heterocycles. The first-order valence-electron chi connectivity index (χ1n) is 5.05. The van der Waals surface area contributed by atoms with Gasteiger partial charge in [0.1, 0.15) is 5.51 Å². The fraction of sp³-hybridized carbons (Fsp3) is 0. The van der Waals surface area contributed by atoms with Crippen LogP contribution in [0.25, 0.3) is 10.9 Å². The van der Waals surface area contributed by atoms with Crippen LogP contribution in [0.5, 0.6) is 0 Å². The number of aromatic amines is 1. The van der Waals surface area contributed by atoms with Crippen molar-refractivity contribution in [3.05, 3.63) is 41.5 Å². The van der Waals surface area contributed by atoms with Crippen LogP contribution in [0.15, 0.2) is 41.1 Å². The lowest BCUT2D eigenvalue weighted by Crippen LogP contribution is -1.89. The molecule has 5 nitrogen and oxygen atoms in total. The third kappa shape index (κ3) is 2.02. The van der Waals surface area contributed by atoms with Crippen molar-refractivity contribution in [1.29, 1.82) is 0 Å². The second kappa shape index (κ2) is 4.34. The molecular weight excluding hydrogens is 234 g/mol. The van der Waals surface area contributed by atoms with Crippen LogP contribution < -0.4 is 5.43 Å². The highest BCUT2D eigenvalue weighted by atomic mass is 32.1. The van der Waals surface area contributed by atoms with Gasteiger partial charge in [0.05, 0.1) is 6.21 Å². The second-order valence-corrected chi connectivity index (χ2v) is 4.24. The molecule has 0 atom stereocenters. The van der Waals surface area contributed by atoms with Crippen molar-refractivity contribution in [3.8, 4) is 0 Å². The Kier molecular flexibility index (Phi) is 2.55. The fourth-order valence-electron chi connectivity index (χ4n) is 1.58. The van der Waals surface area contributed by atoms with E-state index < -0.39 is 0 Å². The minimum atomic E-state index is 0.682. The van der Waals surface area contributed by atoms with Gasteiger partial charge in [-0.1, -0.05) is 29.5 Å². The van der Waals surface area contributed by atoms with Gasteiger partial charge in [0.15, 0.2) is 0 Å². The maximum Gasteiger partial charge on any atom is 0.225 e. The Bertz CT molecular complexity index is 641. The number of nitrogens with zero attached hydrogens (tertiary/aromatic N) is 3. The first-order valence-corrected chi connectivity index (χ1v) is 5.93. The van der Waals surface area contributed by atoms with Crippen LogP contribution in [0.3, 0.4) is 0 Å². The Morgan fingerprint density at radius 2 is 2.29 bits per heavy atom. The largest absolute Gasteiger partial charge is 0.361 e. The van der Waals surface area contributed by atoms with Crippen molar-refractivity contribution in [3.63, 3.8) is 0 Å². The molecule has 0 radical (unpaired) electrons. The van der Waals surface area contributed by atoms with E-state index in [4.69, 9.17) is 0 Å². The van der Waals surface area contributed by atoms with Crippen LogP contribution in [-0.4, -0.2) is 21.4 Å². The van der Waals surface area contributed by atoms with Crippen molar-refractivity contribution >= 4 is 33.6 Å². The number of hydrogen-bond acceptors (Lipinski definition) is 5. The molecule has 2 N–H and O–H groups in total. The molecule has 0 aliphatic carbocycles. The highest BCUT2D eigenvalue weighted by molar-refractivity contribution is 7.13. The summed E-state index contributed by atoms with van der Waals surface area (Å²) in [4.78, 5) is 3.19. The molecule has 3 rings (SSSR count). The average molecular weight is 243 g/mol. The van der Waals surface area contributed by atoms with Crippen molar-refractivity contribution in [1.82, 2.24) is 15.2 Å². The van der Waals surface area contributed by atoms with E-state index in [0.29, 0.717) is 5.13 Å². The highest BCUT2D eigenvalue weighted by Gasteiger charge is 1.99. The predicted molar refractivity (Wildman–Crippen MR) is 69.4 cm³/mol. The quantitative estimate of drug-likeness (QED) is 0.548. The number of nitrogens with one attached hydrogen (secondary N) is 2. The van der Waals surface area contributed by atoms with Crippen molar-refractivity contribution in [2.24, 2.45) is 5.10 Å². The van der Waals surface area contributed by atoms with E-state index in [2.05, 4.69) is 31.8 Å². The summed E-state index contributed by atoms with van der Waals surface area (Å²) in [7, 11) is 0. The smallest absolute Gasteiger partial charge is 0.225 e. The van der Waals surface area contributed by atoms with Gasteiger partial charge in [-0.15, -0.1) is 10.2 Å². The zero-order valence-corrected chi connectivity index (χ0v) is 9.61. The fourth-order valence-corrected chi connectivity index (χ4v) is 1.97. The number of benzene rings is 1. The molecular formula is C11H9N5S. The number of H-pyrrole nitrogens is 1. The van der Waals surface area contributed by atoms with Gasteiger partial charge in [0.2, 0.25) is 5.13 Å². The number of para-hydroxylation sites is 1. The Morgan fingerprint density at radius 1 is 1.35 bits per heavy atom. The summed E-state index contributed by atoms with van der Waals surface area (Å²) in [5.41, 5.74) is 6.63. The van der Waals surface area contributed by atoms with E-state index in [1.165, 1.54) is 11.3 Å². The summed E-state index contributed by atoms with van der Waals surface area (Å²) < 4.78 is 0. The summed E-state index contributed by atoms with van der Waals surface area (Å²) in [6, 6.07) is 8.09. The Labute approximate surface area is 101 Å². The summed E-state index contributed by atoms with van der Waals surface area (Å²) in [5, 5.41) is 13.5. The molecule has 84 valence electrons. The van der Waals surface area contributed by atoms with Gasteiger partial charge >= 0.3 is 0 Å². The Hall–Kier alpha value is -2.21. The molecule has 2 heterocycles. The number of aromatic nitrogens is 3. The summed E-state index contributed by atoms with van der Waals surface area (Å²) >= 11 is 1.41. The molecule has 0 saturated carbocycles. The topological polar surface area (TPSA) is 66.0 Å². The van der Waals surface area contributed by atoms with Gasteiger partial charge in [-0.2, -0.15) is 5.10 Å². The summed E-state index contributed by atoms with van der Waals surface area (Å²) in [5.74, 6) is 0. The number of rotatable bonds is 3. The maximum absolute atomic E-state index is 4.12. The molecule has 0 fully saturated rings. The first-order chi connectivity index (χ1) is 8.43. The van der Waals surface area contributed by atoms with Crippen LogP contribution in [-0.2, 0) is 0 Å². The summed E-state index contributed by atoms with van der Waals surface area (Å²) in [6.07, 6.45) is 3.69. The van der Waals surface area contributed by atoms with Gasteiger partial charge in [-0.3, -0.25) is 5.43 Å². The minimum Gasteiger partial charge on any atom is -0.361 e. The molecule has 1 aromatic carbocycles. The average Bonchev–Trinajstić information content (AvgIpc) is 2.99. The molecule has 6 heteroatoms. The van der Waals surface area contributed by atoms with Crippen LogP contribution >= 0.6 is 11.3 Å². The predicted octanol–water partition coefficient (Wildman–Crippen LogP) is 2.47. The number of anilines is 1. The van der Waals surface area contributed by atoms with Gasteiger partial charge in [0.25, 0.3) is 0 Å². The zero-order valence-electron chi connectivity index (χ0n) is 8.79. The molecule has 3 aromatic rings. The van der Waals surface area contributed by atoms with E-state index in [0.717, 1.165) is 16.5 Å². The first kappa shape index (κ1) is 9.98. The molecule has 0 unspecified atom stereocenters. The Morgan fingerprint density at radius 3 is 3.18 bits per heavy atom. The van der Waals surface area contributed by atoms with Crippen molar-refractivity contribution < 1.29 is 0 Å². The van der Waals surface area contributed by atoms with Crippen LogP contribution in [0.1, 0.15) is 5.56 Å². The molecule has 17 heavy (non-hydrogen) atoms. The lowest BCUT2D eigenvalue weighted by atomic mass is 10.2. The third-order valence-corrected chi connectivity index (χ3v) is 2.94. The third-order valence-electron chi connectivity index (χ3n) is 2.35. The Balaban J connectivity index is 1.83. The van der Waals surface area contributed by atoms with E-state index in [1.54, 1.807) is 11.7 Å². The van der Waals surface area contributed by atoms with Crippen LogP contribution in [0.4, 0.5) is 5.13 Å².